The van der Waals surface area contributed by atoms with Crippen molar-refractivity contribution in [2.24, 2.45) is 0 Å². The maximum atomic E-state index is 5.41. The first-order valence-corrected chi connectivity index (χ1v) is 7.77. The zero-order valence-electron chi connectivity index (χ0n) is 12.8. The number of nitrogens with one attached hydrogen (secondary N) is 1. The molecular formula is C14H20BrN5O. The van der Waals surface area contributed by atoms with Gasteiger partial charge in [-0.25, -0.2) is 14.6 Å². The monoisotopic (exact) mass is 353 g/mol. The second-order valence-corrected chi connectivity index (χ2v) is 5.38. The number of hydrogen-bond donors (Lipinski definition) is 1. The van der Waals surface area contributed by atoms with Crippen molar-refractivity contribution in [1.82, 2.24) is 19.7 Å². The molecule has 7 heteroatoms. The Balaban J connectivity index is 2.45. The third-order valence-corrected chi connectivity index (χ3v) is 4.12. The Bertz CT molecular complexity index is 626. The molecule has 21 heavy (non-hydrogen) atoms. The van der Waals surface area contributed by atoms with Crippen LogP contribution < -0.4 is 5.32 Å². The molecular weight excluding hydrogens is 334 g/mol. The van der Waals surface area contributed by atoms with Gasteiger partial charge in [-0.2, -0.15) is 5.10 Å². The van der Waals surface area contributed by atoms with Crippen LogP contribution in [0.4, 0.5) is 5.82 Å². The first-order chi connectivity index (χ1) is 10.1. The van der Waals surface area contributed by atoms with Crippen LogP contribution in [0, 0.1) is 13.8 Å². The van der Waals surface area contributed by atoms with Gasteiger partial charge in [0, 0.05) is 19.2 Å². The second-order valence-electron chi connectivity index (χ2n) is 4.59. The first-order valence-electron chi connectivity index (χ1n) is 6.98. The van der Waals surface area contributed by atoms with Crippen molar-refractivity contribution >= 4 is 21.7 Å². The van der Waals surface area contributed by atoms with Gasteiger partial charge in [-0.15, -0.1) is 0 Å². The Morgan fingerprint density at radius 3 is 2.62 bits per heavy atom. The molecule has 1 N–H and O–H groups in total. The largest absolute Gasteiger partial charge is 0.374 e. The van der Waals surface area contributed by atoms with Crippen molar-refractivity contribution in [3.05, 3.63) is 27.8 Å². The summed E-state index contributed by atoms with van der Waals surface area (Å²) in [7, 11) is 0. The fourth-order valence-corrected chi connectivity index (χ4v) is 2.22. The third kappa shape index (κ3) is 3.59. The van der Waals surface area contributed by atoms with Gasteiger partial charge in [-0.3, -0.25) is 0 Å². The Morgan fingerprint density at radius 1 is 1.29 bits per heavy atom. The van der Waals surface area contributed by atoms with Crippen molar-refractivity contribution in [2.45, 2.75) is 34.3 Å². The summed E-state index contributed by atoms with van der Waals surface area (Å²) in [6, 6.07) is 1.89. The molecule has 0 aliphatic rings. The van der Waals surface area contributed by atoms with E-state index in [0.717, 1.165) is 34.0 Å². The molecule has 0 atom stereocenters. The molecule has 0 aliphatic heterocycles. The minimum atomic E-state index is 0.392. The lowest BCUT2D eigenvalue weighted by atomic mass is 10.4. The van der Waals surface area contributed by atoms with E-state index < -0.39 is 0 Å². The van der Waals surface area contributed by atoms with Crippen LogP contribution >= 0.6 is 15.9 Å². The number of anilines is 1. The smallest absolute Gasteiger partial charge is 0.159 e. The highest BCUT2D eigenvalue weighted by molar-refractivity contribution is 9.10. The van der Waals surface area contributed by atoms with E-state index in [-0.39, 0.29) is 0 Å². The van der Waals surface area contributed by atoms with Crippen LogP contribution in [-0.4, -0.2) is 32.9 Å². The number of ether oxygens (including phenoxy) is 1. The van der Waals surface area contributed by atoms with Crippen molar-refractivity contribution in [3.8, 4) is 5.82 Å². The van der Waals surface area contributed by atoms with Crippen molar-refractivity contribution in [3.63, 3.8) is 0 Å². The molecule has 0 aliphatic carbocycles. The SMILES string of the molecule is CCNc1cc(-n2nc(C)c(Br)c2C)nc(COCC)n1. The first kappa shape index (κ1) is 15.9. The Labute approximate surface area is 133 Å². The number of aryl methyl sites for hydroxylation is 1. The predicted molar refractivity (Wildman–Crippen MR) is 85.8 cm³/mol. The number of rotatable bonds is 6. The molecule has 2 heterocycles. The van der Waals surface area contributed by atoms with Gasteiger partial charge >= 0.3 is 0 Å². The average Bonchev–Trinajstić information content (AvgIpc) is 2.73. The van der Waals surface area contributed by atoms with E-state index in [1.165, 1.54) is 0 Å². The van der Waals surface area contributed by atoms with Crippen molar-refractivity contribution in [1.29, 1.82) is 0 Å². The number of aromatic nitrogens is 4. The van der Waals surface area contributed by atoms with Crippen LogP contribution in [0.2, 0.25) is 0 Å². The molecule has 2 aromatic rings. The number of halogens is 1. The Hall–Kier alpha value is -1.47. The van der Waals surface area contributed by atoms with Crippen LogP contribution in [0.25, 0.3) is 5.82 Å². The minimum Gasteiger partial charge on any atom is -0.374 e. The molecule has 114 valence electrons. The van der Waals surface area contributed by atoms with Gasteiger partial charge < -0.3 is 10.1 Å². The van der Waals surface area contributed by atoms with E-state index in [2.05, 4.69) is 36.3 Å². The zero-order chi connectivity index (χ0) is 15.4. The second kappa shape index (κ2) is 7.00. The lowest BCUT2D eigenvalue weighted by Gasteiger charge is -2.10. The standard InChI is InChI=1S/C14H20BrN5O/c1-5-16-11-7-13(18-12(17-11)8-21-6-2)20-10(4)14(15)9(3)19-20/h7H,5-6,8H2,1-4H3,(H,16,17,18). The molecule has 0 radical (unpaired) electrons. The van der Waals surface area contributed by atoms with E-state index in [1.807, 2.05) is 38.4 Å². The highest BCUT2D eigenvalue weighted by atomic mass is 79.9. The van der Waals surface area contributed by atoms with Crippen molar-refractivity contribution < 1.29 is 4.74 Å². The highest BCUT2D eigenvalue weighted by Crippen LogP contribution is 2.23. The normalized spacial score (nSPS) is 10.9. The van der Waals surface area contributed by atoms with Crippen LogP contribution in [0.5, 0.6) is 0 Å². The quantitative estimate of drug-likeness (QED) is 0.864. The lowest BCUT2D eigenvalue weighted by Crippen LogP contribution is -2.10. The summed E-state index contributed by atoms with van der Waals surface area (Å²) in [5, 5.41) is 7.73. The maximum absolute atomic E-state index is 5.41. The molecule has 2 aromatic heterocycles. The maximum Gasteiger partial charge on any atom is 0.159 e. The van der Waals surface area contributed by atoms with Gasteiger partial charge in [0.25, 0.3) is 0 Å². The Morgan fingerprint density at radius 2 is 2.05 bits per heavy atom. The summed E-state index contributed by atoms with van der Waals surface area (Å²) in [5.74, 6) is 2.16. The number of hydrogen-bond acceptors (Lipinski definition) is 5. The van der Waals surface area contributed by atoms with Crippen molar-refractivity contribution in [2.75, 3.05) is 18.5 Å². The van der Waals surface area contributed by atoms with Gasteiger partial charge in [-0.1, -0.05) is 0 Å². The van der Waals surface area contributed by atoms with E-state index in [4.69, 9.17) is 4.74 Å². The summed E-state index contributed by atoms with van der Waals surface area (Å²) >= 11 is 3.54. The van der Waals surface area contributed by atoms with E-state index in [0.29, 0.717) is 19.0 Å². The predicted octanol–water partition coefficient (Wildman–Crippen LogP) is 3.01. The molecule has 0 fully saturated rings. The third-order valence-electron chi connectivity index (χ3n) is 2.97. The topological polar surface area (TPSA) is 64.9 Å². The molecule has 0 spiro atoms. The highest BCUT2D eigenvalue weighted by Gasteiger charge is 2.13. The molecule has 0 unspecified atom stereocenters. The molecule has 6 nitrogen and oxygen atoms in total. The van der Waals surface area contributed by atoms with Gasteiger partial charge in [0.2, 0.25) is 0 Å². The van der Waals surface area contributed by atoms with Gasteiger partial charge in [0.1, 0.15) is 12.4 Å². The fraction of sp³-hybridized carbons (Fsp3) is 0.500. The lowest BCUT2D eigenvalue weighted by molar-refractivity contribution is 0.128. The van der Waals surface area contributed by atoms with Crippen LogP contribution in [0.15, 0.2) is 10.5 Å². The van der Waals surface area contributed by atoms with E-state index in [9.17, 15) is 0 Å². The van der Waals surface area contributed by atoms with Crippen LogP contribution in [0.3, 0.4) is 0 Å². The van der Waals surface area contributed by atoms with Crippen LogP contribution in [0.1, 0.15) is 31.1 Å². The van der Waals surface area contributed by atoms with Gasteiger partial charge in [-0.05, 0) is 43.6 Å². The number of nitrogens with zero attached hydrogens (tertiary/aromatic N) is 4. The molecule has 0 saturated heterocycles. The molecule has 0 amide bonds. The summed E-state index contributed by atoms with van der Waals surface area (Å²) < 4.78 is 8.23. The summed E-state index contributed by atoms with van der Waals surface area (Å²) in [5.41, 5.74) is 1.94. The zero-order valence-corrected chi connectivity index (χ0v) is 14.4. The van der Waals surface area contributed by atoms with Crippen LogP contribution in [-0.2, 0) is 11.3 Å². The molecule has 0 aromatic carbocycles. The average molecular weight is 354 g/mol. The summed E-state index contributed by atoms with van der Waals surface area (Å²) in [6.45, 7) is 9.77. The minimum absolute atomic E-state index is 0.392. The van der Waals surface area contributed by atoms with E-state index in [1.54, 1.807) is 0 Å². The Kier molecular flexibility index (Phi) is 5.30. The van der Waals surface area contributed by atoms with E-state index >= 15 is 0 Å². The molecule has 2 rings (SSSR count). The van der Waals surface area contributed by atoms with Gasteiger partial charge in [0.05, 0.1) is 15.9 Å². The summed E-state index contributed by atoms with van der Waals surface area (Å²) in [6.07, 6.45) is 0. The van der Waals surface area contributed by atoms with Gasteiger partial charge in [0.15, 0.2) is 11.6 Å². The fourth-order valence-electron chi connectivity index (χ4n) is 1.97. The molecule has 0 bridgehead atoms. The molecule has 0 saturated carbocycles. The summed E-state index contributed by atoms with van der Waals surface area (Å²) in [4.78, 5) is 8.99.